The van der Waals surface area contributed by atoms with Crippen LogP contribution in [0, 0.1) is 0 Å². The molecule has 0 fully saturated rings. The zero-order valence-electron chi connectivity index (χ0n) is 12.0. The molecule has 3 rings (SSSR count). The van der Waals surface area contributed by atoms with E-state index in [4.69, 9.17) is 9.47 Å². The molecule has 110 valence electrons. The Hall–Kier alpha value is -2.63. The third-order valence-electron chi connectivity index (χ3n) is 3.25. The smallest absolute Gasteiger partial charge is 0.231 e. The molecule has 1 aliphatic heterocycles. The van der Waals surface area contributed by atoms with Gasteiger partial charge in [0.2, 0.25) is 6.79 Å². The lowest BCUT2D eigenvalue weighted by Crippen LogP contribution is -2.13. The Kier molecular flexibility index (Phi) is 3.43. The third-order valence-corrected chi connectivity index (χ3v) is 3.25. The molecule has 0 atom stereocenters. The highest BCUT2D eigenvalue weighted by Gasteiger charge is 2.17. The number of rotatable bonds is 4. The molecule has 6 nitrogen and oxygen atoms in total. The number of fused-ring (bicyclic) bond motifs is 1. The summed E-state index contributed by atoms with van der Waals surface area (Å²) in [5, 5.41) is 13.3. The molecule has 0 amide bonds. The van der Waals surface area contributed by atoms with Crippen LogP contribution < -0.4 is 19.7 Å². The fraction of sp³-hybridized carbons (Fsp3) is 0.267. The third kappa shape index (κ3) is 2.65. The Balaban J connectivity index is 1.80. The highest BCUT2D eigenvalue weighted by molar-refractivity contribution is 5.65. The van der Waals surface area contributed by atoms with Crippen molar-refractivity contribution in [3.63, 3.8) is 0 Å². The minimum atomic E-state index is 0.182. The van der Waals surface area contributed by atoms with Crippen molar-refractivity contribution in [2.75, 3.05) is 31.1 Å². The Bertz CT molecular complexity index is 659. The number of ether oxygens (including phenoxy) is 2. The van der Waals surface area contributed by atoms with Crippen LogP contribution in [0.5, 0.6) is 17.2 Å². The molecule has 2 aromatic rings. The lowest BCUT2D eigenvalue weighted by Gasteiger charge is -2.17. The molecule has 6 heteroatoms. The van der Waals surface area contributed by atoms with Gasteiger partial charge in [0.15, 0.2) is 17.3 Å². The molecule has 0 saturated heterocycles. The van der Waals surface area contributed by atoms with Gasteiger partial charge < -0.3 is 24.8 Å². The van der Waals surface area contributed by atoms with Crippen LogP contribution in [-0.2, 0) is 6.54 Å². The maximum absolute atomic E-state index is 10.0. The second kappa shape index (κ2) is 5.40. The summed E-state index contributed by atoms with van der Waals surface area (Å²) in [5.74, 6) is 2.26. The number of aromatic hydroxyl groups is 1. The van der Waals surface area contributed by atoms with Gasteiger partial charge in [-0.25, -0.2) is 4.98 Å². The van der Waals surface area contributed by atoms with Gasteiger partial charge in [-0.2, -0.15) is 0 Å². The lowest BCUT2D eigenvalue weighted by atomic mass is 10.1. The van der Waals surface area contributed by atoms with E-state index in [2.05, 4.69) is 10.3 Å². The van der Waals surface area contributed by atoms with Crippen LogP contribution in [0.3, 0.4) is 0 Å². The van der Waals surface area contributed by atoms with Crippen LogP contribution in [0.25, 0.3) is 0 Å². The van der Waals surface area contributed by atoms with E-state index in [1.54, 1.807) is 18.3 Å². The van der Waals surface area contributed by atoms with Gasteiger partial charge in [-0.15, -0.1) is 0 Å². The van der Waals surface area contributed by atoms with E-state index in [0.29, 0.717) is 18.0 Å². The predicted molar refractivity (Wildman–Crippen MR) is 80.1 cm³/mol. The second-order valence-electron chi connectivity index (χ2n) is 4.96. The zero-order chi connectivity index (χ0) is 14.8. The van der Waals surface area contributed by atoms with E-state index >= 15 is 0 Å². The lowest BCUT2D eigenvalue weighted by molar-refractivity contribution is 0.174. The first-order chi connectivity index (χ1) is 10.1. The number of phenolic OH excluding ortho intramolecular Hbond substituents is 1. The molecule has 1 aromatic heterocycles. The number of hydrogen-bond donors (Lipinski definition) is 2. The molecule has 0 unspecified atom stereocenters. The Labute approximate surface area is 122 Å². The van der Waals surface area contributed by atoms with E-state index in [-0.39, 0.29) is 12.5 Å². The van der Waals surface area contributed by atoms with Crippen LogP contribution >= 0.6 is 0 Å². The summed E-state index contributed by atoms with van der Waals surface area (Å²) in [6.45, 7) is 0.661. The number of pyridine rings is 1. The van der Waals surface area contributed by atoms with Crippen LogP contribution in [-0.4, -0.2) is 31.0 Å². The first-order valence-electron chi connectivity index (χ1n) is 6.63. The molecular formula is C15H17N3O3. The average Bonchev–Trinajstić information content (AvgIpc) is 2.92. The Morgan fingerprint density at radius 3 is 2.81 bits per heavy atom. The number of anilines is 2. The van der Waals surface area contributed by atoms with Crippen molar-refractivity contribution in [3.05, 3.63) is 36.0 Å². The van der Waals surface area contributed by atoms with Crippen molar-refractivity contribution in [1.82, 2.24) is 4.98 Å². The molecule has 21 heavy (non-hydrogen) atoms. The largest absolute Gasteiger partial charge is 0.507 e. The van der Waals surface area contributed by atoms with E-state index in [0.717, 1.165) is 17.1 Å². The molecule has 0 spiro atoms. The van der Waals surface area contributed by atoms with Gasteiger partial charge in [0, 0.05) is 38.5 Å². The number of hydrogen-bond acceptors (Lipinski definition) is 6. The van der Waals surface area contributed by atoms with Gasteiger partial charge in [-0.1, -0.05) is 0 Å². The molecule has 0 saturated carbocycles. The number of aromatic nitrogens is 1. The normalized spacial score (nSPS) is 12.3. The Morgan fingerprint density at radius 1 is 1.29 bits per heavy atom. The quantitative estimate of drug-likeness (QED) is 0.898. The summed E-state index contributed by atoms with van der Waals surface area (Å²) in [6, 6.07) is 7.19. The van der Waals surface area contributed by atoms with Crippen molar-refractivity contribution in [3.8, 4) is 17.2 Å². The van der Waals surface area contributed by atoms with E-state index in [1.807, 2.05) is 31.1 Å². The number of nitrogens with zero attached hydrogens (tertiary/aromatic N) is 2. The monoisotopic (exact) mass is 287 g/mol. The van der Waals surface area contributed by atoms with Gasteiger partial charge in [0.05, 0.1) is 5.69 Å². The van der Waals surface area contributed by atoms with Gasteiger partial charge in [-0.05, 0) is 18.2 Å². The summed E-state index contributed by atoms with van der Waals surface area (Å²) >= 11 is 0. The van der Waals surface area contributed by atoms with Crippen LogP contribution in [0.2, 0.25) is 0 Å². The van der Waals surface area contributed by atoms with E-state index < -0.39 is 0 Å². The minimum absolute atomic E-state index is 0.182. The molecule has 1 aliphatic rings. The maximum Gasteiger partial charge on any atom is 0.231 e. The summed E-state index contributed by atoms with van der Waals surface area (Å²) in [4.78, 5) is 6.26. The molecule has 2 heterocycles. The topological polar surface area (TPSA) is 66.9 Å². The van der Waals surface area contributed by atoms with Crippen molar-refractivity contribution in [2.45, 2.75) is 6.54 Å². The molecule has 2 N–H and O–H groups in total. The van der Waals surface area contributed by atoms with Crippen LogP contribution in [0.1, 0.15) is 5.56 Å². The molecule has 0 radical (unpaired) electrons. The van der Waals surface area contributed by atoms with Crippen LogP contribution in [0.15, 0.2) is 30.5 Å². The average molecular weight is 287 g/mol. The SMILES string of the molecule is CN(C)c1ncccc1NCc1cc2c(cc1O)OCO2. The van der Waals surface area contributed by atoms with Crippen molar-refractivity contribution >= 4 is 11.5 Å². The fourth-order valence-electron chi connectivity index (χ4n) is 2.20. The summed E-state index contributed by atoms with van der Waals surface area (Å²) in [5.41, 5.74) is 1.65. The van der Waals surface area contributed by atoms with Crippen molar-refractivity contribution < 1.29 is 14.6 Å². The number of benzene rings is 1. The van der Waals surface area contributed by atoms with Gasteiger partial charge in [0.25, 0.3) is 0 Å². The van der Waals surface area contributed by atoms with Gasteiger partial charge in [-0.3, -0.25) is 0 Å². The van der Waals surface area contributed by atoms with Gasteiger partial charge >= 0.3 is 0 Å². The van der Waals surface area contributed by atoms with E-state index in [1.165, 1.54) is 0 Å². The maximum atomic E-state index is 10.0. The first-order valence-corrected chi connectivity index (χ1v) is 6.63. The van der Waals surface area contributed by atoms with Crippen LogP contribution in [0.4, 0.5) is 11.5 Å². The first kappa shape index (κ1) is 13.4. The highest BCUT2D eigenvalue weighted by Crippen LogP contribution is 2.38. The second-order valence-corrected chi connectivity index (χ2v) is 4.96. The molecular weight excluding hydrogens is 270 g/mol. The number of nitrogens with one attached hydrogen (secondary N) is 1. The van der Waals surface area contributed by atoms with Crippen molar-refractivity contribution in [1.29, 1.82) is 0 Å². The molecule has 1 aromatic carbocycles. The standard InChI is InChI=1S/C15H17N3O3/c1-18(2)15-11(4-3-5-16-15)17-8-10-6-13-14(7-12(10)19)21-9-20-13/h3-7,17,19H,8-9H2,1-2H3. The summed E-state index contributed by atoms with van der Waals surface area (Å²) in [7, 11) is 3.87. The highest BCUT2D eigenvalue weighted by atomic mass is 16.7. The predicted octanol–water partition coefficient (Wildman–Crippen LogP) is 2.19. The number of phenols is 1. The fourth-order valence-corrected chi connectivity index (χ4v) is 2.20. The molecule has 0 bridgehead atoms. The van der Waals surface area contributed by atoms with E-state index in [9.17, 15) is 5.11 Å². The summed E-state index contributed by atoms with van der Waals surface area (Å²) in [6.07, 6.45) is 1.75. The van der Waals surface area contributed by atoms with Gasteiger partial charge in [0.1, 0.15) is 5.75 Å². The summed E-state index contributed by atoms with van der Waals surface area (Å²) < 4.78 is 10.6. The van der Waals surface area contributed by atoms with Crippen molar-refractivity contribution in [2.24, 2.45) is 0 Å². The Morgan fingerprint density at radius 2 is 2.05 bits per heavy atom. The molecule has 0 aliphatic carbocycles. The minimum Gasteiger partial charge on any atom is -0.507 e. The zero-order valence-corrected chi connectivity index (χ0v) is 12.0.